The molecule has 0 saturated heterocycles. The largest absolute Gasteiger partial charge is 0.450 e. The van der Waals surface area contributed by atoms with Crippen LogP contribution in [0.1, 0.15) is 66.1 Å². The zero-order valence-electron chi connectivity index (χ0n) is 25.2. The number of hydrogen-bond acceptors (Lipinski definition) is 5. The average Bonchev–Trinajstić information content (AvgIpc) is 2.93. The van der Waals surface area contributed by atoms with Crippen LogP contribution in [0.3, 0.4) is 0 Å². The number of carbonyl (C=O) groups is 2. The van der Waals surface area contributed by atoms with E-state index in [4.69, 9.17) is 26.8 Å². The number of carbonyl (C=O) groups excluding carboxylic acids is 2. The Balaban J connectivity index is 1.74. The van der Waals surface area contributed by atoms with Gasteiger partial charge in [-0.15, -0.1) is 0 Å². The van der Waals surface area contributed by atoms with E-state index in [9.17, 15) is 9.59 Å². The smallest absolute Gasteiger partial charge is 0.409 e. The van der Waals surface area contributed by atoms with Gasteiger partial charge in [-0.2, -0.15) is 0 Å². The number of hydrogen-bond donors (Lipinski definition) is 2. The van der Waals surface area contributed by atoms with Crippen LogP contribution in [0.4, 0.5) is 4.79 Å². The van der Waals surface area contributed by atoms with Gasteiger partial charge in [0.1, 0.15) is 6.10 Å². The molecule has 226 valence electrons. The molecule has 1 unspecified atom stereocenters. The van der Waals surface area contributed by atoms with Crippen molar-refractivity contribution in [3.8, 4) is 0 Å². The number of nitrogens with zero attached hydrogens (tertiary/aromatic N) is 1. The maximum atomic E-state index is 13.6. The molecule has 0 heterocycles. The number of likely N-dealkylation sites (N-methyl/N-ethyl adjacent to an activating group) is 1. The van der Waals surface area contributed by atoms with Crippen LogP contribution in [-0.2, 0) is 9.47 Å². The summed E-state index contributed by atoms with van der Waals surface area (Å²) in [4.78, 5) is 27.9. The molecule has 0 aliphatic heterocycles. The van der Waals surface area contributed by atoms with Gasteiger partial charge >= 0.3 is 6.09 Å². The van der Waals surface area contributed by atoms with Crippen LogP contribution in [0, 0.1) is 5.92 Å². The lowest BCUT2D eigenvalue weighted by Crippen LogP contribution is -2.45. The third-order valence-electron chi connectivity index (χ3n) is 7.57. The van der Waals surface area contributed by atoms with Crippen LogP contribution in [0.5, 0.6) is 0 Å². The van der Waals surface area contributed by atoms with Crippen LogP contribution < -0.4 is 11.1 Å². The minimum atomic E-state index is -1.30. The highest BCUT2D eigenvalue weighted by atomic mass is 35.5. The molecule has 9 heteroatoms. The lowest BCUT2D eigenvalue weighted by Gasteiger charge is -2.30. The van der Waals surface area contributed by atoms with E-state index < -0.39 is 14.2 Å². The minimum absolute atomic E-state index is 0.170. The predicted molar refractivity (Wildman–Crippen MR) is 169 cm³/mol. The fourth-order valence-corrected chi connectivity index (χ4v) is 6.23. The first-order valence-corrected chi connectivity index (χ1v) is 19.0. The minimum Gasteiger partial charge on any atom is -0.450 e. The third-order valence-corrected chi connectivity index (χ3v) is 9.51. The molecular weight excluding hydrogens is 554 g/mol. The Morgan fingerprint density at radius 2 is 1.73 bits per heavy atom. The van der Waals surface area contributed by atoms with Crippen molar-refractivity contribution in [3.05, 3.63) is 70.2 Å². The fourth-order valence-electron chi connectivity index (χ4n) is 5.32. The first-order chi connectivity index (χ1) is 19.6. The van der Waals surface area contributed by atoms with E-state index in [0.29, 0.717) is 42.8 Å². The summed E-state index contributed by atoms with van der Waals surface area (Å²) in [5.74, 6) is 0.366. The van der Waals surface area contributed by atoms with Crippen molar-refractivity contribution < 1.29 is 19.1 Å². The molecule has 1 saturated carbocycles. The molecule has 2 atom stereocenters. The van der Waals surface area contributed by atoms with E-state index in [1.54, 1.807) is 11.9 Å². The van der Waals surface area contributed by atoms with Crippen LogP contribution in [0.2, 0.25) is 30.7 Å². The average molecular weight is 602 g/mol. The Hall–Kier alpha value is -2.39. The quantitative estimate of drug-likeness (QED) is 0.230. The molecule has 7 nitrogen and oxygen atoms in total. The van der Waals surface area contributed by atoms with E-state index in [0.717, 1.165) is 36.4 Å². The molecule has 2 amide bonds. The van der Waals surface area contributed by atoms with Crippen molar-refractivity contribution >= 4 is 31.7 Å². The van der Waals surface area contributed by atoms with Crippen LogP contribution in [0.25, 0.3) is 0 Å². The zero-order chi connectivity index (χ0) is 29.8. The van der Waals surface area contributed by atoms with Gasteiger partial charge in [0.25, 0.3) is 5.91 Å². The van der Waals surface area contributed by atoms with Crippen molar-refractivity contribution in [2.75, 3.05) is 33.4 Å². The number of nitrogens with two attached hydrogens (primary N) is 1. The maximum Gasteiger partial charge on any atom is 0.409 e. The molecule has 3 N–H and O–H groups in total. The lowest BCUT2D eigenvalue weighted by molar-refractivity contribution is 0.0856. The van der Waals surface area contributed by atoms with Gasteiger partial charge in [-0.05, 0) is 53.8 Å². The van der Waals surface area contributed by atoms with E-state index in [1.165, 1.54) is 19.3 Å². The molecule has 0 aromatic heterocycles. The van der Waals surface area contributed by atoms with Crippen molar-refractivity contribution in [3.63, 3.8) is 0 Å². The van der Waals surface area contributed by atoms with Gasteiger partial charge in [-0.3, -0.25) is 4.79 Å². The van der Waals surface area contributed by atoms with E-state index in [1.807, 2.05) is 48.5 Å². The van der Waals surface area contributed by atoms with Crippen molar-refractivity contribution in [2.24, 2.45) is 11.7 Å². The van der Waals surface area contributed by atoms with Crippen LogP contribution in [0.15, 0.2) is 48.5 Å². The standard InChI is InChI=1S/C32H48ClN3O4Si/c1-36(32(38)40-18-19-41(2,3)4)23-29(20-24-10-6-5-7-11-24)35-31(37)27-14-8-12-25(21-27)30(39-17-16-34)26-13-9-15-28(33)22-26/h8-9,12-15,21-22,24,29-30H,5-7,10-11,16-20,23,34H2,1-4H3,(H,35,37)/t29-,30?/m0/s1. The number of ether oxygens (including phenoxy) is 2. The first-order valence-electron chi connectivity index (χ1n) is 14.9. The summed E-state index contributed by atoms with van der Waals surface area (Å²) in [5, 5.41) is 3.86. The summed E-state index contributed by atoms with van der Waals surface area (Å²) in [6.07, 6.45) is 6.12. The molecule has 1 fully saturated rings. The molecule has 3 rings (SSSR count). The molecule has 2 aromatic carbocycles. The van der Waals surface area contributed by atoms with Crippen LogP contribution in [-0.4, -0.2) is 64.4 Å². The number of amides is 2. The summed E-state index contributed by atoms with van der Waals surface area (Å²) < 4.78 is 11.7. The van der Waals surface area contributed by atoms with Gasteiger partial charge in [0, 0.05) is 44.8 Å². The first kappa shape index (κ1) is 33.1. The van der Waals surface area contributed by atoms with Gasteiger partial charge in [0.2, 0.25) is 0 Å². The fraction of sp³-hybridized carbons (Fsp3) is 0.562. The molecule has 2 aromatic rings. The summed E-state index contributed by atoms with van der Waals surface area (Å²) in [6, 6.07) is 15.8. The molecule has 0 spiro atoms. The summed E-state index contributed by atoms with van der Waals surface area (Å²) in [5.41, 5.74) is 8.01. The number of benzene rings is 2. The SMILES string of the molecule is CN(C[C@H](CC1CCCCC1)NC(=O)c1cccc(C(OCCN)c2cccc(Cl)c2)c1)C(=O)OCC[Si](C)(C)C. The Bertz CT molecular complexity index is 1120. The Morgan fingerprint density at radius 1 is 1.05 bits per heavy atom. The van der Waals surface area contributed by atoms with E-state index in [2.05, 4.69) is 25.0 Å². The Morgan fingerprint density at radius 3 is 2.39 bits per heavy atom. The predicted octanol–water partition coefficient (Wildman–Crippen LogP) is 6.88. The second-order valence-electron chi connectivity index (χ2n) is 12.4. The highest BCUT2D eigenvalue weighted by Crippen LogP contribution is 2.30. The topological polar surface area (TPSA) is 93.9 Å². The maximum absolute atomic E-state index is 13.6. The van der Waals surface area contributed by atoms with Gasteiger partial charge in [0.05, 0.1) is 13.2 Å². The molecule has 41 heavy (non-hydrogen) atoms. The van der Waals surface area contributed by atoms with Crippen molar-refractivity contribution in [1.29, 1.82) is 0 Å². The van der Waals surface area contributed by atoms with Crippen molar-refractivity contribution in [2.45, 2.75) is 76.4 Å². The lowest BCUT2D eigenvalue weighted by atomic mass is 9.84. The van der Waals surface area contributed by atoms with Gasteiger partial charge in [-0.25, -0.2) is 4.79 Å². The molecule has 1 aliphatic rings. The highest BCUT2D eigenvalue weighted by molar-refractivity contribution is 6.76. The number of nitrogens with one attached hydrogen (secondary N) is 1. The summed E-state index contributed by atoms with van der Waals surface area (Å²) >= 11 is 6.26. The Kier molecular flexibility index (Phi) is 13.2. The third kappa shape index (κ3) is 11.4. The number of rotatable bonds is 14. The normalized spacial score (nSPS) is 15.7. The summed E-state index contributed by atoms with van der Waals surface area (Å²) in [7, 11) is 0.453. The second kappa shape index (κ2) is 16.3. The molecule has 0 radical (unpaired) electrons. The molecular formula is C32H48ClN3O4Si. The summed E-state index contributed by atoms with van der Waals surface area (Å²) in [6.45, 7) is 8.37. The Labute approximate surface area is 252 Å². The zero-order valence-corrected chi connectivity index (χ0v) is 26.9. The van der Waals surface area contributed by atoms with E-state index >= 15 is 0 Å². The van der Waals surface area contributed by atoms with Gasteiger partial charge < -0.3 is 25.4 Å². The molecule has 0 bridgehead atoms. The highest BCUT2D eigenvalue weighted by Gasteiger charge is 2.25. The van der Waals surface area contributed by atoms with Gasteiger partial charge in [0.15, 0.2) is 0 Å². The van der Waals surface area contributed by atoms with Gasteiger partial charge in [-0.1, -0.05) is 87.6 Å². The number of halogens is 1. The molecule has 1 aliphatic carbocycles. The second-order valence-corrected chi connectivity index (χ2v) is 18.5. The van der Waals surface area contributed by atoms with Crippen LogP contribution >= 0.6 is 11.6 Å². The monoisotopic (exact) mass is 601 g/mol. The van der Waals surface area contributed by atoms with E-state index in [-0.39, 0.29) is 18.0 Å². The van der Waals surface area contributed by atoms with Crippen molar-refractivity contribution in [1.82, 2.24) is 10.2 Å².